The summed E-state index contributed by atoms with van der Waals surface area (Å²) in [5.41, 5.74) is 2.72. The van der Waals surface area contributed by atoms with Crippen LogP contribution < -0.4 is 20.7 Å². The van der Waals surface area contributed by atoms with E-state index in [1.807, 2.05) is 37.3 Å². The minimum atomic E-state index is -3.73. The van der Waals surface area contributed by atoms with E-state index in [0.717, 1.165) is 36.8 Å². The van der Waals surface area contributed by atoms with E-state index in [1.165, 1.54) is 6.42 Å². The summed E-state index contributed by atoms with van der Waals surface area (Å²) in [4.78, 5) is 25.9. The average molecular weight is 551 g/mol. The van der Waals surface area contributed by atoms with Gasteiger partial charge in [-0.05, 0) is 55.3 Å². The van der Waals surface area contributed by atoms with Gasteiger partial charge in [0.2, 0.25) is 5.91 Å². The van der Waals surface area contributed by atoms with Gasteiger partial charge in [0.1, 0.15) is 6.04 Å². The number of anilines is 2. The van der Waals surface area contributed by atoms with E-state index in [1.54, 1.807) is 48.5 Å². The maximum absolute atomic E-state index is 12.9. The second-order valence-electron chi connectivity index (χ2n) is 9.54. The van der Waals surface area contributed by atoms with Crippen LogP contribution >= 0.6 is 0 Å². The van der Waals surface area contributed by atoms with Crippen molar-refractivity contribution >= 4 is 33.3 Å². The van der Waals surface area contributed by atoms with Crippen LogP contribution in [0.1, 0.15) is 50.2 Å². The van der Waals surface area contributed by atoms with E-state index in [-0.39, 0.29) is 10.8 Å². The van der Waals surface area contributed by atoms with Crippen LogP contribution in [0, 0.1) is 6.92 Å². The molecule has 0 aliphatic rings. The highest BCUT2D eigenvalue weighted by Crippen LogP contribution is 2.19. The molecular weight excluding hydrogens is 512 g/mol. The fourth-order valence-electron chi connectivity index (χ4n) is 4.00. The summed E-state index contributed by atoms with van der Waals surface area (Å²) >= 11 is 0. The molecule has 208 valence electrons. The normalized spacial score (nSPS) is 11.8. The second-order valence-corrected chi connectivity index (χ2v) is 11.2. The summed E-state index contributed by atoms with van der Waals surface area (Å²) < 4.78 is 27.8. The molecule has 0 fully saturated rings. The highest BCUT2D eigenvalue weighted by atomic mass is 32.2. The highest BCUT2D eigenvalue weighted by Gasteiger charge is 2.21. The number of hydrogen-bond donors (Lipinski definition) is 4. The van der Waals surface area contributed by atoms with Gasteiger partial charge in [-0.25, -0.2) is 13.2 Å². The molecule has 0 aliphatic carbocycles. The molecule has 0 heterocycles. The first kappa shape index (κ1) is 29.7. The van der Waals surface area contributed by atoms with Crippen LogP contribution in [0.25, 0.3) is 0 Å². The predicted molar refractivity (Wildman–Crippen MR) is 156 cm³/mol. The number of aryl methyl sites for hydroxylation is 1. The minimum absolute atomic E-state index is 0.165. The van der Waals surface area contributed by atoms with Gasteiger partial charge in [-0.15, -0.1) is 0 Å². The molecule has 0 unspecified atom stereocenters. The molecule has 9 heteroatoms. The monoisotopic (exact) mass is 550 g/mol. The Morgan fingerprint density at radius 3 is 2.10 bits per heavy atom. The molecule has 0 saturated heterocycles. The quantitative estimate of drug-likeness (QED) is 0.195. The molecular formula is C30H38N4O4S. The van der Waals surface area contributed by atoms with Crippen LogP contribution in [0.3, 0.4) is 0 Å². The Labute approximate surface area is 231 Å². The van der Waals surface area contributed by atoms with Gasteiger partial charge >= 0.3 is 6.03 Å². The van der Waals surface area contributed by atoms with E-state index in [9.17, 15) is 18.0 Å². The van der Waals surface area contributed by atoms with Crippen LogP contribution in [-0.4, -0.2) is 32.9 Å². The van der Waals surface area contributed by atoms with Crippen molar-refractivity contribution in [3.63, 3.8) is 0 Å². The maximum atomic E-state index is 12.9. The minimum Gasteiger partial charge on any atom is -0.354 e. The average Bonchev–Trinajstić information content (AvgIpc) is 2.92. The van der Waals surface area contributed by atoms with Gasteiger partial charge in [0, 0.05) is 24.3 Å². The third-order valence-corrected chi connectivity index (χ3v) is 7.61. The third kappa shape index (κ3) is 10.1. The zero-order valence-electron chi connectivity index (χ0n) is 22.6. The van der Waals surface area contributed by atoms with E-state index in [2.05, 4.69) is 27.6 Å². The highest BCUT2D eigenvalue weighted by molar-refractivity contribution is 7.92. The Kier molecular flexibility index (Phi) is 11.4. The van der Waals surface area contributed by atoms with Crippen molar-refractivity contribution in [1.82, 2.24) is 10.6 Å². The molecule has 4 N–H and O–H groups in total. The lowest BCUT2D eigenvalue weighted by Gasteiger charge is -2.19. The summed E-state index contributed by atoms with van der Waals surface area (Å²) in [5.74, 6) is -0.231. The smallest absolute Gasteiger partial charge is 0.319 e. The molecule has 39 heavy (non-hydrogen) atoms. The molecule has 3 rings (SSSR count). The topological polar surface area (TPSA) is 116 Å². The van der Waals surface area contributed by atoms with Crippen LogP contribution in [0.4, 0.5) is 16.2 Å². The molecule has 8 nitrogen and oxygen atoms in total. The van der Waals surface area contributed by atoms with E-state index >= 15 is 0 Å². The first-order valence-corrected chi connectivity index (χ1v) is 14.8. The van der Waals surface area contributed by atoms with Crippen molar-refractivity contribution in [3.8, 4) is 0 Å². The summed E-state index contributed by atoms with van der Waals surface area (Å²) in [6.07, 6.45) is 5.81. The molecule has 0 spiro atoms. The number of carbonyl (C=O) groups is 2. The van der Waals surface area contributed by atoms with E-state index in [4.69, 9.17) is 0 Å². The zero-order valence-corrected chi connectivity index (χ0v) is 23.4. The van der Waals surface area contributed by atoms with Crippen molar-refractivity contribution < 1.29 is 18.0 Å². The number of nitrogens with one attached hydrogen (secondary N) is 4. The van der Waals surface area contributed by atoms with Crippen molar-refractivity contribution in [2.45, 2.75) is 63.3 Å². The first-order valence-electron chi connectivity index (χ1n) is 13.4. The van der Waals surface area contributed by atoms with Gasteiger partial charge in [0.05, 0.1) is 4.90 Å². The number of hydrogen-bond acceptors (Lipinski definition) is 4. The lowest BCUT2D eigenvalue weighted by molar-refractivity contribution is -0.122. The summed E-state index contributed by atoms with van der Waals surface area (Å²) in [7, 11) is -3.73. The second kappa shape index (κ2) is 14.9. The molecule has 0 saturated carbocycles. The Hall–Kier alpha value is -3.85. The van der Waals surface area contributed by atoms with Gasteiger partial charge in [-0.1, -0.05) is 80.6 Å². The Morgan fingerprint density at radius 2 is 1.44 bits per heavy atom. The van der Waals surface area contributed by atoms with Gasteiger partial charge in [0.15, 0.2) is 0 Å². The molecule has 3 amide bonds. The number of rotatable bonds is 14. The largest absolute Gasteiger partial charge is 0.354 e. The Balaban J connectivity index is 1.57. The number of unbranched alkanes of at least 4 members (excludes halogenated alkanes) is 4. The Morgan fingerprint density at radius 1 is 0.795 bits per heavy atom. The van der Waals surface area contributed by atoms with Gasteiger partial charge in [-0.2, -0.15) is 0 Å². The number of benzene rings is 3. The predicted octanol–water partition coefficient (Wildman–Crippen LogP) is 5.62. The summed E-state index contributed by atoms with van der Waals surface area (Å²) in [5, 5.41) is 8.45. The number of sulfonamides is 1. The van der Waals surface area contributed by atoms with E-state index in [0.29, 0.717) is 24.3 Å². The third-order valence-electron chi connectivity index (χ3n) is 6.21. The van der Waals surface area contributed by atoms with E-state index < -0.39 is 22.1 Å². The van der Waals surface area contributed by atoms with Gasteiger partial charge in [0.25, 0.3) is 10.0 Å². The van der Waals surface area contributed by atoms with Crippen molar-refractivity contribution in [1.29, 1.82) is 0 Å². The van der Waals surface area contributed by atoms with Gasteiger partial charge in [-0.3, -0.25) is 9.52 Å². The van der Waals surface area contributed by atoms with Crippen LogP contribution in [0.15, 0.2) is 83.8 Å². The zero-order chi connectivity index (χ0) is 28.1. The molecule has 3 aromatic rings. The molecule has 1 atom stereocenters. The molecule has 0 bridgehead atoms. The first-order chi connectivity index (χ1) is 18.8. The molecule has 0 radical (unpaired) electrons. The number of urea groups is 1. The molecule has 0 aliphatic heterocycles. The molecule has 3 aromatic carbocycles. The van der Waals surface area contributed by atoms with Crippen molar-refractivity contribution in [3.05, 3.63) is 90.0 Å². The SMILES string of the molecule is CCCCCCCNC(=O)[C@@H](Cc1ccccc1)NC(=O)Nc1ccc(NS(=O)(=O)c2ccc(C)cc2)cc1. The maximum Gasteiger partial charge on any atom is 0.319 e. The fourth-order valence-corrected chi connectivity index (χ4v) is 5.06. The lowest BCUT2D eigenvalue weighted by atomic mass is 10.1. The number of carbonyl (C=O) groups excluding carboxylic acids is 2. The van der Waals surface area contributed by atoms with Crippen molar-refractivity contribution in [2.24, 2.45) is 0 Å². The van der Waals surface area contributed by atoms with Crippen LogP contribution in [0.5, 0.6) is 0 Å². The summed E-state index contributed by atoms with van der Waals surface area (Å²) in [6, 6.07) is 21.1. The van der Waals surface area contributed by atoms with Crippen molar-refractivity contribution in [2.75, 3.05) is 16.6 Å². The Bertz CT molecular complexity index is 1300. The summed E-state index contributed by atoms with van der Waals surface area (Å²) in [6.45, 7) is 4.61. The number of amides is 3. The van der Waals surface area contributed by atoms with Gasteiger partial charge < -0.3 is 16.0 Å². The fraction of sp³-hybridized carbons (Fsp3) is 0.333. The lowest BCUT2D eigenvalue weighted by Crippen LogP contribution is -2.49. The van der Waals surface area contributed by atoms with Crippen LogP contribution in [0.2, 0.25) is 0 Å². The van der Waals surface area contributed by atoms with Crippen LogP contribution in [-0.2, 0) is 21.2 Å². The molecule has 0 aromatic heterocycles. The standard InChI is InChI=1S/C30H38N4O4S/c1-3-4-5-6-10-21-31-29(35)28(22-24-11-8-7-9-12-24)33-30(36)32-25-15-17-26(18-16-25)34-39(37,38)27-19-13-23(2)14-20-27/h7-9,11-20,28,34H,3-6,10,21-22H2,1-2H3,(H,31,35)(H2,32,33,36)/t28-/m1/s1.